The monoisotopic (exact) mass is 117 g/mol. The van der Waals surface area contributed by atoms with E-state index in [9.17, 15) is 0 Å². The number of rotatable bonds is 2. The van der Waals surface area contributed by atoms with Gasteiger partial charge in [0.25, 0.3) is 0 Å². The number of hydrogen-bond acceptors (Lipinski definition) is 0. The fraction of sp³-hybridized carbons (Fsp3) is 0.750. The fourth-order valence-corrected chi connectivity index (χ4v) is 0.707. The van der Waals surface area contributed by atoms with Gasteiger partial charge >= 0.3 is 0 Å². The first-order valence-corrected chi connectivity index (χ1v) is 8.71. The Kier molecular flexibility index (Phi) is 3.88. The van der Waals surface area contributed by atoms with Crippen LogP contribution in [-0.2, 0) is 0 Å². The minimum Gasteiger partial charge on any atom is -0.0682 e. The van der Waals surface area contributed by atoms with Crippen LogP contribution in [0.1, 0.15) is 13.8 Å². The molecule has 1 unspecified atom stereocenters. The normalized spacial score (nSPS) is 10.5. The van der Waals surface area contributed by atoms with Crippen molar-refractivity contribution in [3.8, 4) is 0 Å². The molecule has 0 aliphatic carbocycles. The average Bonchev–Trinajstić information content (AvgIpc) is 1.65. The highest BCUT2D eigenvalue weighted by Crippen LogP contribution is 1.86. The van der Waals surface area contributed by atoms with Gasteiger partial charge in [-0.2, -0.15) is 0 Å². The minimum absolute atomic E-state index is 0.147. The van der Waals surface area contributed by atoms with Crippen molar-refractivity contribution in [1.29, 1.82) is 0 Å². The maximum atomic E-state index is 2.42. The van der Waals surface area contributed by atoms with Crippen LogP contribution in [0.2, 0.25) is 6.04 Å². The summed E-state index contributed by atoms with van der Waals surface area (Å²) in [7, 11) is 1.33. The molecule has 0 bridgehead atoms. The summed E-state index contributed by atoms with van der Waals surface area (Å²) in [6.07, 6.45) is 0. The van der Waals surface area contributed by atoms with Gasteiger partial charge in [0.1, 0.15) is 0 Å². The Morgan fingerprint density at radius 2 is 2.33 bits per heavy atom. The summed E-state index contributed by atoms with van der Waals surface area (Å²) in [5.74, 6) is 0. The maximum Gasteiger partial charge on any atom is 0.0228 e. The molecule has 37 valence electrons. The van der Waals surface area contributed by atoms with Gasteiger partial charge < -0.3 is 0 Å². The van der Waals surface area contributed by atoms with Gasteiger partial charge in [0.05, 0.1) is 0 Å². The Hall–Kier alpha value is 0.434. The highest BCUT2D eigenvalue weighted by molar-refractivity contribution is 7.05. The van der Waals surface area contributed by atoms with Crippen LogP contribution in [0.25, 0.3) is 0 Å². The van der Waals surface area contributed by atoms with Gasteiger partial charge in [0.15, 0.2) is 0 Å². The van der Waals surface area contributed by atoms with E-state index in [0.717, 1.165) is 0 Å². The molecule has 0 rings (SSSR count). The van der Waals surface area contributed by atoms with Gasteiger partial charge in [-0.05, 0) is 9.76 Å². The van der Waals surface area contributed by atoms with Crippen molar-refractivity contribution in [3.05, 3.63) is 6.04 Å². The Bertz CT molecular complexity index is 24.7. The largest absolute Gasteiger partial charge is 0.0682 e. The molecule has 0 amide bonds. The fourth-order valence-electron chi connectivity index (χ4n) is 0.236. The van der Waals surface area contributed by atoms with Gasteiger partial charge in [-0.15, -0.1) is 0 Å². The molecule has 0 spiro atoms. The van der Waals surface area contributed by atoms with Crippen molar-refractivity contribution >= 4 is 18.1 Å². The van der Waals surface area contributed by atoms with Crippen LogP contribution in [0.5, 0.6) is 0 Å². The number of hydrogen-bond donors (Lipinski definition) is 0. The summed E-state index contributed by atoms with van der Waals surface area (Å²) >= 11 is 0. The summed E-state index contributed by atoms with van der Waals surface area (Å²) < 4.78 is 0. The summed E-state index contributed by atoms with van der Waals surface area (Å²) in [4.78, 5) is 0. The molecule has 6 heavy (non-hydrogen) atoms. The molecule has 0 aliphatic rings. The molecular formula is C4H13Si2. The lowest BCUT2D eigenvalue weighted by atomic mass is 11.0. The van der Waals surface area contributed by atoms with Crippen molar-refractivity contribution in [3.63, 3.8) is 0 Å². The van der Waals surface area contributed by atoms with Crippen LogP contribution in [0.4, 0.5) is 0 Å². The van der Waals surface area contributed by atoms with E-state index in [2.05, 4.69) is 19.9 Å². The van der Waals surface area contributed by atoms with Gasteiger partial charge in [-0.25, -0.2) is 0 Å². The summed E-state index contributed by atoms with van der Waals surface area (Å²) in [6.45, 7) is 4.50. The van der Waals surface area contributed by atoms with Crippen LogP contribution in [0.15, 0.2) is 0 Å². The predicted octanol–water partition coefficient (Wildman–Crippen LogP) is -0.141. The van der Waals surface area contributed by atoms with Gasteiger partial charge in [-0.1, -0.05) is 25.9 Å². The minimum atomic E-state index is -0.147. The van der Waals surface area contributed by atoms with Crippen LogP contribution >= 0.6 is 0 Å². The van der Waals surface area contributed by atoms with Gasteiger partial charge in [-0.3, -0.25) is 0 Å². The SMILES string of the molecule is C[CH][SiH]([SiH3])CC. The molecule has 0 saturated carbocycles. The van der Waals surface area contributed by atoms with E-state index in [4.69, 9.17) is 0 Å². The summed E-state index contributed by atoms with van der Waals surface area (Å²) in [6, 6.07) is 3.90. The van der Waals surface area contributed by atoms with Crippen LogP contribution in [0.3, 0.4) is 0 Å². The van der Waals surface area contributed by atoms with E-state index in [0.29, 0.717) is 0 Å². The second-order valence-electron chi connectivity index (χ2n) is 1.72. The van der Waals surface area contributed by atoms with E-state index in [1.165, 1.54) is 15.8 Å². The third-order valence-corrected chi connectivity index (χ3v) is 8.09. The first-order valence-electron chi connectivity index (χ1n) is 2.60. The van der Waals surface area contributed by atoms with Crippen molar-refractivity contribution in [1.82, 2.24) is 0 Å². The molecule has 0 aromatic carbocycles. The standard InChI is InChI=1S/C4H13Si2/c1-3-6(5)4-2/h3,6H,4H2,1-2,5H3. The molecule has 2 heteroatoms. The molecular weight excluding hydrogens is 104 g/mol. The quantitative estimate of drug-likeness (QED) is 0.442. The second kappa shape index (κ2) is 3.62. The summed E-state index contributed by atoms with van der Waals surface area (Å²) in [5, 5.41) is 0. The highest BCUT2D eigenvalue weighted by Gasteiger charge is 1.91. The van der Waals surface area contributed by atoms with Crippen molar-refractivity contribution < 1.29 is 0 Å². The zero-order valence-electron chi connectivity index (χ0n) is 4.86. The molecule has 1 atom stereocenters. The first-order chi connectivity index (χ1) is 2.81. The van der Waals surface area contributed by atoms with Crippen molar-refractivity contribution in [2.45, 2.75) is 19.9 Å². The Morgan fingerprint density at radius 1 is 1.83 bits per heavy atom. The van der Waals surface area contributed by atoms with Crippen molar-refractivity contribution in [2.24, 2.45) is 0 Å². The Labute approximate surface area is 44.8 Å². The molecule has 1 radical (unpaired) electrons. The predicted molar refractivity (Wildman–Crippen MR) is 37.5 cm³/mol. The van der Waals surface area contributed by atoms with Crippen molar-refractivity contribution in [2.75, 3.05) is 0 Å². The lowest BCUT2D eigenvalue weighted by molar-refractivity contribution is 1.43. The zero-order valence-corrected chi connectivity index (χ0v) is 8.02. The third kappa shape index (κ3) is 2.66. The Morgan fingerprint density at radius 3 is 2.33 bits per heavy atom. The maximum absolute atomic E-state index is 2.42. The lowest BCUT2D eigenvalue weighted by Gasteiger charge is -1.95. The van der Waals surface area contributed by atoms with Crippen LogP contribution < -0.4 is 0 Å². The molecule has 0 aromatic heterocycles. The molecule has 0 aliphatic heterocycles. The summed E-state index contributed by atoms with van der Waals surface area (Å²) in [5.41, 5.74) is 0. The van der Waals surface area contributed by atoms with E-state index in [1.807, 2.05) is 0 Å². The van der Waals surface area contributed by atoms with Crippen LogP contribution in [0, 0.1) is 6.04 Å². The van der Waals surface area contributed by atoms with Gasteiger partial charge in [0.2, 0.25) is 0 Å². The first kappa shape index (κ1) is 6.43. The highest BCUT2D eigenvalue weighted by atomic mass is 29.1. The molecule has 0 nitrogen and oxygen atoms in total. The van der Waals surface area contributed by atoms with E-state index in [-0.39, 0.29) is 8.31 Å². The molecule has 0 N–H and O–H groups in total. The zero-order chi connectivity index (χ0) is 4.99. The topological polar surface area (TPSA) is 0 Å². The van der Waals surface area contributed by atoms with E-state index in [1.54, 1.807) is 0 Å². The molecule has 0 fully saturated rings. The Balaban J connectivity index is 2.75. The molecule has 0 aromatic rings. The average molecular weight is 117 g/mol. The smallest absolute Gasteiger partial charge is 0.0228 e. The second-order valence-corrected chi connectivity index (χ2v) is 9.61. The molecule has 0 heterocycles. The van der Waals surface area contributed by atoms with E-state index >= 15 is 0 Å². The van der Waals surface area contributed by atoms with E-state index < -0.39 is 0 Å². The molecule has 0 saturated heterocycles. The van der Waals surface area contributed by atoms with Crippen LogP contribution in [-0.4, -0.2) is 18.1 Å². The lowest BCUT2D eigenvalue weighted by Crippen LogP contribution is -2.09. The third-order valence-electron chi connectivity index (χ3n) is 1.21. The van der Waals surface area contributed by atoms with Gasteiger partial charge in [0, 0.05) is 8.31 Å².